The summed E-state index contributed by atoms with van der Waals surface area (Å²) in [5, 5.41) is 0. The Kier molecular flexibility index (Phi) is 2.97. The van der Waals surface area contributed by atoms with Gasteiger partial charge in [0.2, 0.25) is 0 Å². The Morgan fingerprint density at radius 3 is 2.62 bits per heavy atom. The van der Waals surface area contributed by atoms with Crippen molar-refractivity contribution in [3.05, 3.63) is 53.6 Å². The first-order valence-electron chi connectivity index (χ1n) is 7.20. The van der Waals surface area contributed by atoms with Crippen molar-refractivity contribution >= 4 is 0 Å². The zero-order chi connectivity index (χ0) is 14.2. The van der Waals surface area contributed by atoms with Gasteiger partial charge in [0.25, 0.3) is 0 Å². The van der Waals surface area contributed by atoms with E-state index < -0.39 is 0 Å². The SMILES string of the molecule is NC(c1ccc2c(c1)OCCO2)C1COc2ccccc21. The minimum absolute atomic E-state index is 0.121. The van der Waals surface area contributed by atoms with E-state index in [1.807, 2.05) is 36.4 Å². The summed E-state index contributed by atoms with van der Waals surface area (Å²) in [5.74, 6) is 2.68. The number of rotatable bonds is 2. The van der Waals surface area contributed by atoms with Gasteiger partial charge in [-0.2, -0.15) is 0 Å². The molecule has 0 saturated heterocycles. The largest absolute Gasteiger partial charge is 0.493 e. The van der Waals surface area contributed by atoms with Crippen LogP contribution in [0.4, 0.5) is 0 Å². The molecule has 2 N–H and O–H groups in total. The van der Waals surface area contributed by atoms with E-state index in [1.165, 1.54) is 5.56 Å². The minimum atomic E-state index is -0.121. The maximum Gasteiger partial charge on any atom is 0.161 e. The average Bonchev–Trinajstić information content (AvgIpc) is 2.98. The molecule has 0 fully saturated rings. The molecule has 2 aromatic carbocycles. The fourth-order valence-electron chi connectivity index (χ4n) is 2.98. The molecule has 4 nitrogen and oxygen atoms in total. The lowest BCUT2D eigenvalue weighted by atomic mass is 9.89. The topological polar surface area (TPSA) is 53.7 Å². The van der Waals surface area contributed by atoms with Crippen LogP contribution in [0.3, 0.4) is 0 Å². The molecule has 108 valence electrons. The van der Waals surface area contributed by atoms with Crippen molar-refractivity contribution in [3.8, 4) is 17.2 Å². The number of nitrogens with two attached hydrogens (primary N) is 1. The van der Waals surface area contributed by atoms with E-state index in [2.05, 4.69) is 6.07 Å². The summed E-state index contributed by atoms with van der Waals surface area (Å²) >= 11 is 0. The van der Waals surface area contributed by atoms with E-state index in [4.69, 9.17) is 19.9 Å². The molecule has 0 radical (unpaired) electrons. The van der Waals surface area contributed by atoms with Crippen LogP contribution in [0.1, 0.15) is 23.1 Å². The first kappa shape index (κ1) is 12.5. The number of para-hydroxylation sites is 1. The molecule has 4 rings (SSSR count). The van der Waals surface area contributed by atoms with Crippen LogP contribution in [0.25, 0.3) is 0 Å². The van der Waals surface area contributed by atoms with Crippen LogP contribution in [0.15, 0.2) is 42.5 Å². The quantitative estimate of drug-likeness (QED) is 0.920. The predicted molar refractivity (Wildman–Crippen MR) is 79.0 cm³/mol. The van der Waals surface area contributed by atoms with Crippen LogP contribution in [0.5, 0.6) is 17.2 Å². The minimum Gasteiger partial charge on any atom is -0.493 e. The highest BCUT2D eigenvalue weighted by Crippen LogP contribution is 2.41. The van der Waals surface area contributed by atoms with Crippen molar-refractivity contribution in [2.75, 3.05) is 19.8 Å². The standard InChI is InChI=1S/C17H17NO3/c18-17(13-10-21-14-4-2-1-3-12(13)14)11-5-6-15-16(9-11)20-8-7-19-15/h1-6,9,13,17H,7-8,10,18H2. The molecule has 2 unspecified atom stereocenters. The van der Waals surface area contributed by atoms with Gasteiger partial charge in [-0.25, -0.2) is 0 Å². The summed E-state index contributed by atoms with van der Waals surface area (Å²) in [4.78, 5) is 0. The van der Waals surface area contributed by atoms with E-state index in [0.717, 1.165) is 22.8 Å². The predicted octanol–water partition coefficient (Wildman–Crippen LogP) is 2.63. The fourth-order valence-corrected chi connectivity index (χ4v) is 2.98. The van der Waals surface area contributed by atoms with Crippen LogP contribution >= 0.6 is 0 Å². The van der Waals surface area contributed by atoms with E-state index in [-0.39, 0.29) is 12.0 Å². The second-order valence-electron chi connectivity index (χ2n) is 5.38. The molecule has 2 heterocycles. The van der Waals surface area contributed by atoms with E-state index in [0.29, 0.717) is 19.8 Å². The molecular weight excluding hydrogens is 266 g/mol. The van der Waals surface area contributed by atoms with Crippen LogP contribution in [0.2, 0.25) is 0 Å². The van der Waals surface area contributed by atoms with Gasteiger partial charge in [-0.3, -0.25) is 0 Å². The number of fused-ring (bicyclic) bond motifs is 2. The van der Waals surface area contributed by atoms with Crippen molar-refractivity contribution in [1.29, 1.82) is 0 Å². The maximum atomic E-state index is 6.47. The molecular formula is C17H17NO3. The smallest absolute Gasteiger partial charge is 0.161 e. The molecule has 0 aliphatic carbocycles. The van der Waals surface area contributed by atoms with Gasteiger partial charge in [0.05, 0.1) is 6.61 Å². The number of hydrogen-bond acceptors (Lipinski definition) is 4. The molecule has 0 bridgehead atoms. The fraction of sp³-hybridized carbons (Fsp3) is 0.294. The zero-order valence-electron chi connectivity index (χ0n) is 11.6. The summed E-state index contributed by atoms with van der Waals surface area (Å²) in [6.07, 6.45) is 0. The molecule has 0 spiro atoms. The molecule has 21 heavy (non-hydrogen) atoms. The van der Waals surface area contributed by atoms with Gasteiger partial charge < -0.3 is 19.9 Å². The molecule has 0 saturated carbocycles. The Bertz CT molecular complexity index is 671. The first-order chi connectivity index (χ1) is 10.3. The molecule has 0 aromatic heterocycles. The van der Waals surface area contributed by atoms with Gasteiger partial charge in [-0.1, -0.05) is 24.3 Å². The monoisotopic (exact) mass is 283 g/mol. The van der Waals surface area contributed by atoms with Gasteiger partial charge in [-0.15, -0.1) is 0 Å². The highest BCUT2D eigenvalue weighted by molar-refractivity contribution is 5.47. The maximum absolute atomic E-state index is 6.47. The lowest BCUT2D eigenvalue weighted by Crippen LogP contribution is -2.22. The summed E-state index contributed by atoms with van der Waals surface area (Å²) in [6, 6.07) is 13.9. The Morgan fingerprint density at radius 1 is 0.905 bits per heavy atom. The second kappa shape index (κ2) is 4.97. The summed E-state index contributed by atoms with van der Waals surface area (Å²) in [7, 11) is 0. The van der Waals surface area contributed by atoms with Crippen LogP contribution in [-0.4, -0.2) is 19.8 Å². The van der Waals surface area contributed by atoms with Gasteiger partial charge in [-0.05, 0) is 23.8 Å². The summed E-state index contributed by atoms with van der Waals surface area (Å²) in [5.41, 5.74) is 8.70. The lowest BCUT2D eigenvalue weighted by molar-refractivity contribution is 0.171. The van der Waals surface area contributed by atoms with Crippen molar-refractivity contribution in [1.82, 2.24) is 0 Å². The summed E-state index contributed by atoms with van der Waals surface area (Å²) in [6.45, 7) is 1.80. The number of hydrogen-bond donors (Lipinski definition) is 1. The Labute approximate surface area is 123 Å². The molecule has 0 amide bonds. The lowest BCUT2D eigenvalue weighted by Gasteiger charge is -2.23. The van der Waals surface area contributed by atoms with Gasteiger partial charge in [0, 0.05) is 17.5 Å². The second-order valence-corrected chi connectivity index (χ2v) is 5.38. The molecule has 2 aliphatic rings. The highest BCUT2D eigenvalue weighted by atomic mass is 16.6. The number of ether oxygens (including phenoxy) is 3. The van der Waals surface area contributed by atoms with Crippen LogP contribution in [-0.2, 0) is 0 Å². The molecule has 2 atom stereocenters. The first-order valence-corrected chi connectivity index (χ1v) is 7.20. The van der Waals surface area contributed by atoms with E-state index in [9.17, 15) is 0 Å². The third-order valence-electron chi connectivity index (χ3n) is 4.12. The van der Waals surface area contributed by atoms with Crippen molar-refractivity contribution in [2.24, 2.45) is 5.73 Å². The number of benzene rings is 2. The van der Waals surface area contributed by atoms with E-state index in [1.54, 1.807) is 0 Å². The van der Waals surface area contributed by atoms with E-state index >= 15 is 0 Å². The van der Waals surface area contributed by atoms with Gasteiger partial charge >= 0.3 is 0 Å². The van der Waals surface area contributed by atoms with Crippen molar-refractivity contribution in [2.45, 2.75) is 12.0 Å². The van der Waals surface area contributed by atoms with Crippen molar-refractivity contribution < 1.29 is 14.2 Å². The summed E-state index contributed by atoms with van der Waals surface area (Å²) < 4.78 is 16.9. The van der Waals surface area contributed by atoms with Crippen LogP contribution in [0, 0.1) is 0 Å². The average molecular weight is 283 g/mol. The zero-order valence-corrected chi connectivity index (χ0v) is 11.6. The van der Waals surface area contributed by atoms with Crippen LogP contribution < -0.4 is 19.9 Å². The Morgan fingerprint density at radius 2 is 1.71 bits per heavy atom. The normalized spacial score (nSPS) is 20.5. The Balaban J connectivity index is 1.65. The van der Waals surface area contributed by atoms with Crippen molar-refractivity contribution in [3.63, 3.8) is 0 Å². The molecule has 4 heteroatoms. The molecule has 2 aromatic rings. The van der Waals surface area contributed by atoms with Gasteiger partial charge in [0.15, 0.2) is 11.5 Å². The third-order valence-corrected chi connectivity index (χ3v) is 4.12. The Hall–Kier alpha value is -2.20. The molecule has 2 aliphatic heterocycles. The highest BCUT2D eigenvalue weighted by Gasteiger charge is 2.30. The van der Waals surface area contributed by atoms with Gasteiger partial charge in [0.1, 0.15) is 19.0 Å². The third kappa shape index (κ3) is 2.12.